The summed E-state index contributed by atoms with van der Waals surface area (Å²) in [5, 5.41) is 12.4. The molecule has 1 aliphatic heterocycles. The third-order valence-electron chi connectivity index (χ3n) is 5.79. The third kappa shape index (κ3) is 4.98. The molecular formula is C20H33NO4. The second kappa shape index (κ2) is 9.04. The molecule has 2 fully saturated rings. The van der Waals surface area contributed by atoms with Crippen molar-refractivity contribution in [3.63, 3.8) is 0 Å². The Kier molecular flexibility index (Phi) is 6.77. The van der Waals surface area contributed by atoms with Gasteiger partial charge in [0.05, 0.1) is 0 Å². The number of allylic oxidation sites excluding steroid dienone is 1. The number of hydrogen-bond acceptors (Lipinski definition) is 4. The van der Waals surface area contributed by atoms with Crippen molar-refractivity contribution in [2.24, 2.45) is 17.8 Å². The van der Waals surface area contributed by atoms with E-state index in [0.717, 1.165) is 25.7 Å². The first-order valence-corrected chi connectivity index (χ1v) is 10.1. The van der Waals surface area contributed by atoms with Crippen LogP contribution in [0.2, 0.25) is 0 Å². The normalized spacial score (nSPS) is 30.5. The summed E-state index contributed by atoms with van der Waals surface area (Å²) in [4.78, 5) is 12.7. The molecule has 142 valence electrons. The largest absolute Gasteiger partial charge is 0.459 e. The number of aliphatic hydroxyl groups excluding tert-OH is 1. The van der Waals surface area contributed by atoms with Crippen LogP contribution in [0.4, 0.5) is 0 Å². The van der Waals surface area contributed by atoms with Crippen LogP contribution in [0.5, 0.6) is 0 Å². The minimum Gasteiger partial charge on any atom is -0.459 e. The van der Waals surface area contributed by atoms with E-state index in [-0.39, 0.29) is 30.8 Å². The highest BCUT2D eigenvalue weighted by Crippen LogP contribution is 2.47. The van der Waals surface area contributed by atoms with Crippen LogP contribution >= 0.6 is 0 Å². The zero-order valence-corrected chi connectivity index (χ0v) is 15.4. The topological polar surface area (TPSA) is 67.8 Å². The predicted octanol–water partition coefficient (Wildman–Crippen LogP) is 3.13. The molecule has 0 aromatic carbocycles. The lowest BCUT2D eigenvalue weighted by molar-refractivity contribution is -0.174. The maximum atomic E-state index is 12.7. The van der Waals surface area contributed by atoms with E-state index in [9.17, 15) is 9.90 Å². The quantitative estimate of drug-likeness (QED) is 0.705. The van der Waals surface area contributed by atoms with Crippen molar-refractivity contribution in [2.45, 2.75) is 77.0 Å². The zero-order valence-electron chi connectivity index (χ0n) is 15.4. The minimum absolute atomic E-state index is 0.0807. The van der Waals surface area contributed by atoms with Gasteiger partial charge in [0, 0.05) is 25.2 Å². The molecule has 0 saturated heterocycles. The summed E-state index contributed by atoms with van der Waals surface area (Å²) >= 11 is 0. The molecule has 0 aromatic heterocycles. The van der Waals surface area contributed by atoms with Gasteiger partial charge in [-0.3, -0.25) is 4.79 Å². The van der Waals surface area contributed by atoms with E-state index < -0.39 is 0 Å². The molecule has 25 heavy (non-hydrogen) atoms. The Balaban J connectivity index is 1.70. The van der Waals surface area contributed by atoms with Crippen LogP contribution in [-0.4, -0.2) is 36.6 Å². The smallest absolute Gasteiger partial charge is 0.286 e. The highest BCUT2D eigenvalue weighted by atomic mass is 16.7. The number of carbonyl (C=O) groups is 1. The van der Waals surface area contributed by atoms with Gasteiger partial charge < -0.3 is 19.9 Å². The van der Waals surface area contributed by atoms with Crippen molar-refractivity contribution in [3.05, 3.63) is 11.8 Å². The summed E-state index contributed by atoms with van der Waals surface area (Å²) in [7, 11) is 0. The minimum atomic E-state index is -0.376. The number of hydrogen-bond donors (Lipinski definition) is 2. The third-order valence-corrected chi connectivity index (χ3v) is 5.79. The SMILES string of the molecule is CCO[C@H]1OC(C(=O)NC2CCCCC2)=C[C@@H](C2CC2)[C@H]1CCCO. The first-order valence-electron chi connectivity index (χ1n) is 10.1. The monoisotopic (exact) mass is 351 g/mol. The Morgan fingerprint density at radius 2 is 2.04 bits per heavy atom. The van der Waals surface area contributed by atoms with Crippen LogP contribution in [-0.2, 0) is 14.3 Å². The lowest BCUT2D eigenvalue weighted by Gasteiger charge is -2.37. The van der Waals surface area contributed by atoms with Gasteiger partial charge in [0.25, 0.3) is 5.91 Å². The van der Waals surface area contributed by atoms with Gasteiger partial charge in [-0.15, -0.1) is 0 Å². The van der Waals surface area contributed by atoms with E-state index in [2.05, 4.69) is 5.32 Å². The fourth-order valence-electron chi connectivity index (χ4n) is 4.31. The van der Waals surface area contributed by atoms with E-state index in [1.54, 1.807) is 0 Å². The van der Waals surface area contributed by atoms with Crippen LogP contribution in [0, 0.1) is 17.8 Å². The van der Waals surface area contributed by atoms with Crippen molar-refractivity contribution in [1.82, 2.24) is 5.32 Å². The summed E-state index contributed by atoms with van der Waals surface area (Å²) in [6, 6.07) is 0.280. The molecule has 5 nitrogen and oxygen atoms in total. The standard InChI is InChI=1S/C20H33NO4/c1-2-24-20-16(9-6-12-22)17(14-10-11-14)13-18(25-20)19(23)21-15-7-4-3-5-8-15/h13-17,20,22H,2-12H2,1H3,(H,21,23)/t16-,17+,20+/m1/s1. The molecule has 3 atom stereocenters. The number of carbonyl (C=O) groups excluding carboxylic acids is 1. The zero-order chi connectivity index (χ0) is 17.6. The molecule has 2 N–H and O–H groups in total. The van der Waals surface area contributed by atoms with Crippen LogP contribution in [0.25, 0.3) is 0 Å². The van der Waals surface area contributed by atoms with Gasteiger partial charge in [-0.05, 0) is 63.4 Å². The molecule has 0 spiro atoms. The summed E-state index contributed by atoms with van der Waals surface area (Å²) in [6.07, 6.45) is 11.5. The van der Waals surface area contributed by atoms with Crippen molar-refractivity contribution in [2.75, 3.05) is 13.2 Å². The summed E-state index contributed by atoms with van der Waals surface area (Å²) in [5.74, 6) is 1.55. The Hall–Kier alpha value is -1.07. The van der Waals surface area contributed by atoms with E-state index in [1.165, 1.54) is 32.1 Å². The molecule has 1 amide bonds. The van der Waals surface area contributed by atoms with Gasteiger partial charge in [0.15, 0.2) is 5.76 Å². The van der Waals surface area contributed by atoms with Gasteiger partial charge in [0.2, 0.25) is 6.29 Å². The van der Waals surface area contributed by atoms with E-state index >= 15 is 0 Å². The second-order valence-corrected chi connectivity index (χ2v) is 7.73. The highest BCUT2D eigenvalue weighted by molar-refractivity contribution is 5.91. The summed E-state index contributed by atoms with van der Waals surface area (Å²) in [6.45, 7) is 2.71. The lowest BCUT2D eigenvalue weighted by Crippen LogP contribution is -2.43. The average Bonchev–Trinajstić information content (AvgIpc) is 3.46. The predicted molar refractivity (Wildman–Crippen MR) is 95.6 cm³/mol. The van der Waals surface area contributed by atoms with Gasteiger partial charge >= 0.3 is 0 Å². The summed E-state index contributed by atoms with van der Waals surface area (Å²) in [5.41, 5.74) is 0. The Morgan fingerprint density at radius 3 is 2.68 bits per heavy atom. The van der Waals surface area contributed by atoms with Gasteiger partial charge in [0.1, 0.15) is 0 Å². The van der Waals surface area contributed by atoms with Crippen molar-refractivity contribution < 1.29 is 19.4 Å². The second-order valence-electron chi connectivity index (χ2n) is 7.73. The molecule has 5 heteroatoms. The Morgan fingerprint density at radius 1 is 1.28 bits per heavy atom. The maximum Gasteiger partial charge on any atom is 0.286 e. The van der Waals surface area contributed by atoms with Crippen LogP contribution < -0.4 is 5.32 Å². The number of rotatable bonds is 8. The highest BCUT2D eigenvalue weighted by Gasteiger charge is 2.44. The van der Waals surface area contributed by atoms with Crippen molar-refractivity contribution >= 4 is 5.91 Å². The Bertz CT molecular complexity index is 468. The first-order chi connectivity index (χ1) is 12.2. The van der Waals surface area contributed by atoms with Gasteiger partial charge in [-0.2, -0.15) is 0 Å². The molecule has 0 aromatic rings. The molecule has 3 rings (SSSR count). The number of amides is 1. The van der Waals surface area contributed by atoms with Crippen molar-refractivity contribution in [1.29, 1.82) is 0 Å². The number of ether oxygens (including phenoxy) is 2. The number of nitrogens with one attached hydrogen (secondary N) is 1. The van der Waals surface area contributed by atoms with Gasteiger partial charge in [-0.25, -0.2) is 0 Å². The van der Waals surface area contributed by atoms with E-state index in [4.69, 9.17) is 9.47 Å². The molecule has 0 unspecified atom stereocenters. The fraction of sp³-hybridized carbons (Fsp3) is 0.850. The van der Waals surface area contributed by atoms with Crippen LogP contribution in [0.15, 0.2) is 11.8 Å². The molecule has 0 radical (unpaired) electrons. The van der Waals surface area contributed by atoms with Gasteiger partial charge in [-0.1, -0.05) is 19.3 Å². The van der Waals surface area contributed by atoms with Crippen LogP contribution in [0.3, 0.4) is 0 Å². The van der Waals surface area contributed by atoms with Crippen molar-refractivity contribution in [3.8, 4) is 0 Å². The molecule has 2 aliphatic carbocycles. The van der Waals surface area contributed by atoms with E-state index in [0.29, 0.717) is 24.2 Å². The molecule has 3 aliphatic rings. The maximum absolute atomic E-state index is 12.7. The Labute approximate surface area is 151 Å². The van der Waals surface area contributed by atoms with E-state index in [1.807, 2.05) is 13.0 Å². The fourth-order valence-corrected chi connectivity index (χ4v) is 4.31. The lowest BCUT2D eigenvalue weighted by atomic mass is 9.82. The average molecular weight is 351 g/mol. The molecule has 0 bridgehead atoms. The molecular weight excluding hydrogens is 318 g/mol. The summed E-state index contributed by atoms with van der Waals surface area (Å²) < 4.78 is 11.8. The number of aliphatic hydroxyl groups is 1. The molecule has 1 heterocycles. The van der Waals surface area contributed by atoms with Crippen LogP contribution in [0.1, 0.15) is 64.7 Å². The first kappa shape index (κ1) is 18.7. The molecule has 2 saturated carbocycles.